The highest BCUT2D eigenvalue weighted by atomic mass is 16.5. The van der Waals surface area contributed by atoms with Crippen molar-refractivity contribution in [1.82, 2.24) is 10.6 Å². The van der Waals surface area contributed by atoms with Crippen molar-refractivity contribution in [2.24, 2.45) is 0 Å². The van der Waals surface area contributed by atoms with E-state index in [1.807, 2.05) is 30.3 Å². The second-order valence-corrected chi connectivity index (χ2v) is 5.68. The fourth-order valence-electron chi connectivity index (χ4n) is 2.63. The van der Waals surface area contributed by atoms with Gasteiger partial charge in [0.15, 0.2) is 0 Å². The summed E-state index contributed by atoms with van der Waals surface area (Å²) < 4.78 is 5.40. The fraction of sp³-hybridized carbons (Fsp3) is 0.444. The molecular weight excluding hydrogens is 292 g/mol. The molecule has 2 N–H and O–H groups in total. The van der Waals surface area contributed by atoms with Gasteiger partial charge in [0.2, 0.25) is 0 Å². The zero-order chi connectivity index (χ0) is 16.7. The van der Waals surface area contributed by atoms with Crippen LogP contribution in [0, 0.1) is 0 Å². The van der Waals surface area contributed by atoms with Crippen molar-refractivity contribution in [3.05, 3.63) is 47.2 Å². The summed E-state index contributed by atoms with van der Waals surface area (Å²) in [6.07, 6.45) is 4.20. The number of carbonyl (C=O) groups is 2. The van der Waals surface area contributed by atoms with Gasteiger partial charge in [-0.05, 0) is 18.9 Å². The van der Waals surface area contributed by atoms with Crippen LogP contribution >= 0.6 is 0 Å². The average Bonchev–Trinajstić information content (AvgIpc) is 2.54. The molecule has 23 heavy (non-hydrogen) atoms. The van der Waals surface area contributed by atoms with Gasteiger partial charge in [0.05, 0.1) is 18.2 Å². The Morgan fingerprint density at radius 2 is 1.91 bits per heavy atom. The second-order valence-electron chi connectivity index (χ2n) is 5.68. The fourth-order valence-corrected chi connectivity index (χ4v) is 2.63. The smallest absolute Gasteiger partial charge is 0.338 e. The van der Waals surface area contributed by atoms with Gasteiger partial charge in [-0.3, -0.25) is 0 Å². The van der Waals surface area contributed by atoms with Crippen molar-refractivity contribution in [2.45, 2.75) is 45.6 Å². The number of rotatable bonds is 7. The van der Waals surface area contributed by atoms with Gasteiger partial charge in [0, 0.05) is 5.70 Å². The monoisotopic (exact) mass is 316 g/mol. The quantitative estimate of drug-likeness (QED) is 0.598. The number of ether oxygens (including phenoxy) is 1. The van der Waals surface area contributed by atoms with Crippen LogP contribution in [0.25, 0.3) is 0 Å². The number of unbranched alkanes of at least 4 members (excludes halogenated alkanes) is 3. The van der Waals surface area contributed by atoms with Crippen LogP contribution in [0.3, 0.4) is 0 Å². The van der Waals surface area contributed by atoms with Crippen LogP contribution in [0.5, 0.6) is 0 Å². The van der Waals surface area contributed by atoms with Crippen LogP contribution in [-0.2, 0) is 9.53 Å². The number of nitrogens with one attached hydrogen (secondary N) is 2. The predicted molar refractivity (Wildman–Crippen MR) is 88.7 cm³/mol. The molecular formula is C18H24N2O3. The number of hydrogen-bond donors (Lipinski definition) is 2. The molecule has 1 aliphatic rings. The Balaban J connectivity index is 2.10. The van der Waals surface area contributed by atoms with E-state index in [1.54, 1.807) is 6.92 Å². The van der Waals surface area contributed by atoms with Gasteiger partial charge in [-0.15, -0.1) is 0 Å². The molecule has 5 heteroatoms. The number of carbonyl (C=O) groups excluding carboxylic acids is 2. The summed E-state index contributed by atoms with van der Waals surface area (Å²) in [5, 5.41) is 5.45. The summed E-state index contributed by atoms with van der Waals surface area (Å²) in [5.41, 5.74) is 1.87. The van der Waals surface area contributed by atoms with Gasteiger partial charge in [-0.25, -0.2) is 9.59 Å². The standard InChI is InChI=1S/C18H24N2O3/c1-3-4-5-9-12-23-17(21)15-13(2)19-18(22)20-16(15)14-10-7-6-8-11-14/h6-8,10-11,16H,3-5,9,12H2,1-2H3,(H2,19,20,22)/t16-/m1/s1. The highest BCUT2D eigenvalue weighted by Gasteiger charge is 2.31. The second kappa shape index (κ2) is 8.36. The van der Waals surface area contributed by atoms with Crippen molar-refractivity contribution in [3.63, 3.8) is 0 Å². The lowest BCUT2D eigenvalue weighted by Gasteiger charge is -2.28. The van der Waals surface area contributed by atoms with Crippen molar-refractivity contribution in [3.8, 4) is 0 Å². The van der Waals surface area contributed by atoms with Gasteiger partial charge < -0.3 is 15.4 Å². The van der Waals surface area contributed by atoms with Gasteiger partial charge in [-0.2, -0.15) is 0 Å². The third-order valence-electron chi connectivity index (χ3n) is 3.85. The van der Waals surface area contributed by atoms with E-state index in [4.69, 9.17) is 4.74 Å². The molecule has 1 aromatic carbocycles. The van der Waals surface area contributed by atoms with Crippen LogP contribution in [0.15, 0.2) is 41.6 Å². The third kappa shape index (κ3) is 4.58. The lowest BCUT2D eigenvalue weighted by atomic mass is 9.96. The first-order valence-electron chi connectivity index (χ1n) is 8.13. The molecule has 0 spiro atoms. The maximum atomic E-state index is 12.5. The SMILES string of the molecule is CCCCCCOC(=O)C1=C(C)NC(=O)N[C@@H]1c1ccccc1. The van der Waals surface area contributed by atoms with Gasteiger partial charge >= 0.3 is 12.0 Å². The molecule has 1 atom stereocenters. The minimum absolute atomic E-state index is 0.309. The maximum absolute atomic E-state index is 12.5. The van der Waals surface area contributed by atoms with E-state index in [0.29, 0.717) is 17.9 Å². The molecule has 2 amide bonds. The lowest BCUT2D eigenvalue weighted by Crippen LogP contribution is -2.45. The first-order valence-corrected chi connectivity index (χ1v) is 8.13. The molecule has 2 rings (SSSR count). The summed E-state index contributed by atoms with van der Waals surface area (Å²) in [4.78, 5) is 24.2. The number of allylic oxidation sites excluding steroid dienone is 1. The number of hydrogen-bond acceptors (Lipinski definition) is 3. The zero-order valence-electron chi connectivity index (χ0n) is 13.7. The van der Waals surface area contributed by atoms with E-state index in [0.717, 1.165) is 31.2 Å². The molecule has 1 heterocycles. The summed E-state index contributed by atoms with van der Waals surface area (Å²) in [6, 6.07) is 8.65. The molecule has 0 fully saturated rings. The molecule has 0 aromatic heterocycles. The molecule has 0 radical (unpaired) electrons. The van der Waals surface area contributed by atoms with E-state index < -0.39 is 6.04 Å². The number of esters is 1. The summed E-state index contributed by atoms with van der Waals surface area (Å²) in [5.74, 6) is -0.375. The normalized spacial score (nSPS) is 17.5. The Labute approximate surface area is 137 Å². The van der Waals surface area contributed by atoms with Crippen molar-refractivity contribution >= 4 is 12.0 Å². The molecule has 0 saturated heterocycles. The Morgan fingerprint density at radius 3 is 2.61 bits per heavy atom. The van der Waals surface area contributed by atoms with E-state index in [1.165, 1.54) is 0 Å². The maximum Gasteiger partial charge on any atom is 0.338 e. The Morgan fingerprint density at radius 1 is 1.17 bits per heavy atom. The summed E-state index contributed by atoms with van der Waals surface area (Å²) >= 11 is 0. The molecule has 124 valence electrons. The molecule has 1 aliphatic heterocycles. The highest BCUT2D eigenvalue weighted by molar-refractivity contribution is 5.95. The molecule has 0 aliphatic carbocycles. The first-order chi connectivity index (χ1) is 11.1. The van der Waals surface area contributed by atoms with Crippen LogP contribution in [0.2, 0.25) is 0 Å². The van der Waals surface area contributed by atoms with Crippen molar-refractivity contribution in [2.75, 3.05) is 6.61 Å². The zero-order valence-corrected chi connectivity index (χ0v) is 13.7. The molecule has 0 unspecified atom stereocenters. The third-order valence-corrected chi connectivity index (χ3v) is 3.85. The Hall–Kier alpha value is -2.30. The molecule has 0 bridgehead atoms. The Kier molecular flexibility index (Phi) is 6.20. The largest absolute Gasteiger partial charge is 0.462 e. The predicted octanol–water partition coefficient (Wildman–Crippen LogP) is 3.44. The lowest BCUT2D eigenvalue weighted by molar-refractivity contribution is -0.139. The van der Waals surface area contributed by atoms with Gasteiger partial charge in [-0.1, -0.05) is 56.5 Å². The highest BCUT2D eigenvalue weighted by Crippen LogP contribution is 2.27. The van der Waals surface area contributed by atoms with Crippen LogP contribution in [-0.4, -0.2) is 18.6 Å². The topological polar surface area (TPSA) is 67.4 Å². The molecule has 1 aromatic rings. The van der Waals surface area contributed by atoms with E-state index in [-0.39, 0.29) is 12.0 Å². The Bertz CT molecular complexity index is 581. The van der Waals surface area contributed by atoms with Crippen molar-refractivity contribution < 1.29 is 14.3 Å². The number of amides is 2. The minimum Gasteiger partial charge on any atom is -0.462 e. The average molecular weight is 316 g/mol. The van der Waals surface area contributed by atoms with Crippen molar-refractivity contribution in [1.29, 1.82) is 0 Å². The van der Waals surface area contributed by atoms with E-state index >= 15 is 0 Å². The molecule has 0 saturated carbocycles. The summed E-state index contributed by atoms with van der Waals surface area (Å²) in [7, 11) is 0. The van der Waals surface area contributed by atoms with Crippen LogP contribution in [0.1, 0.15) is 51.1 Å². The van der Waals surface area contributed by atoms with E-state index in [2.05, 4.69) is 17.6 Å². The van der Waals surface area contributed by atoms with Gasteiger partial charge in [0.1, 0.15) is 0 Å². The molecule has 5 nitrogen and oxygen atoms in total. The minimum atomic E-state index is -0.479. The van der Waals surface area contributed by atoms with Crippen LogP contribution < -0.4 is 10.6 Å². The van der Waals surface area contributed by atoms with Crippen LogP contribution in [0.4, 0.5) is 4.79 Å². The number of benzene rings is 1. The summed E-state index contributed by atoms with van der Waals surface area (Å²) in [6.45, 7) is 4.27. The van der Waals surface area contributed by atoms with Gasteiger partial charge in [0.25, 0.3) is 0 Å². The van der Waals surface area contributed by atoms with E-state index in [9.17, 15) is 9.59 Å². The number of urea groups is 1. The first kappa shape index (κ1) is 17.1.